The van der Waals surface area contributed by atoms with Crippen molar-refractivity contribution in [3.05, 3.63) is 0 Å². The lowest BCUT2D eigenvalue weighted by molar-refractivity contribution is -0.155. The number of fused-ring (bicyclic) bond motifs is 1. The van der Waals surface area contributed by atoms with Gasteiger partial charge in [0.15, 0.2) is 0 Å². The van der Waals surface area contributed by atoms with Gasteiger partial charge in [-0.05, 0) is 31.3 Å². The summed E-state index contributed by atoms with van der Waals surface area (Å²) in [4.78, 5) is 36.6. The largest absolute Gasteiger partial charge is 0.480 e. The number of carboxylic acid groups (broad SMARTS) is 1. The van der Waals surface area contributed by atoms with Crippen LogP contribution in [0, 0.1) is 11.8 Å². The van der Waals surface area contributed by atoms with Crippen LogP contribution in [0.15, 0.2) is 0 Å². The Kier molecular flexibility index (Phi) is 3.94. The van der Waals surface area contributed by atoms with E-state index in [2.05, 4.69) is 0 Å². The minimum atomic E-state index is -1.08. The van der Waals surface area contributed by atoms with Crippen LogP contribution in [0.4, 0.5) is 0 Å². The third-order valence-electron chi connectivity index (χ3n) is 3.82. The lowest BCUT2D eigenvalue weighted by Crippen LogP contribution is -2.46. The van der Waals surface area contributed by atoms with Crippen LogP contribution in [0.1, 0.15) is 25.7 Å². The normalized spacial score (nSPS) is 28.6. The van der Waals surface area contributed by atoms with Gasteiger partial charge >= 0.3 is 5.97 Å². The van der Waals surface area contributed by atoms with E-state index in [0.29, 0.717) is 12.2 Å². The maximum Gasteiger partial charge on any atom is 0.326 e. The van der Waals surface area contributed by atoms with Gasteiger partial charge in [0.2, 0.25) is 11.8 Å². The second-order valence-electron chi connectivity index (χ2n) is 4.83. The van der Waals surface area contributed by atoms with Crippen LogP contribution in [0.3, 0.4) is 0 Å². The van der Waals surface area contributed by atoms with Crippen LogP contribution in [0.2, 0.25) is 0 Å². The molecule has 0 aromatic rings. The van der Waals surface area contributed by atoms with Crippen LogP contribution < -0.4 is 0 Å². The highest BCUT2D eigenvalue weighted by Crippen LogP contribution is 2.40. The number of carboxylic acids is 1. The second kappa shape index (κ2) is 5.30. The van der Waals surface area contributed by atoms with E-state index in [1.54, 1.807) is 0 Å². The minimum Gasteiger partial charge on any atom is -0.480 e. The summed E-state index contributed by atoms with van der Waals surface area (Å²) in [6, 6.07) is -0.983. The van der Waals surface area contributed by atoms with Crippen molar-refractivity contribution in [3.8, 4) is 0 Å². The summed E-state index contributed by atoms with van der Waals surface area (Å²) in [5.41, 5.74) is 0. The quantitative estimate of drug-likeness (QED) is 0.754. The number of likely N-dealkylation sites (tertiary alicyclic amines) is 1. The molecule has 1 N–H and O–H groups in total. The van der Waals surface area contributed by atoms with E-state index >= 15 is 0 Å². The molecule has 3 unspecified atom stereocenters. The molecule has 2 aliphatic rings. The Hall–Kier alpha value is -1.04. The molecule has 1 aliphatic heterocycles. The third-order valence-corrected chi connectivity index (χ3v) is 4.46. The minimum absolute atomic E-state index is 0.256. The molecule has 5 nitrogen and oxygen atoms in total. The number of hydrogen-bond acceptors (Lipinski definition) is 4. The summed E-state index contributed by atoms with van der Waals surface area (Å²) in [5, 5.41) is 9.20. The third kappa shape index (κ3) is 2.13. The Bertz CT molecular complexity index is 362. The van der Waals surface area contributed by atoms with E-state index in [1.165, 1.54) is 11.8 Å². The molecule has 3 atom stereocenters. The molecule has 18 heavy (non-hydrogen) atoms. The Morgan fingerprint density at radius 3 is 2.39 bits per heavy atom. The highest BCUT2D eigenvalue weighted by atomic mass is 32.2. The van der Waals surface area contributed by atoms with E-state index in [4.69, 9.17) is 0 Å². The number of hydrogen-bond donors (Lipinski definition) is 1. The first-order chi connectivity index (χ1) is 8.57. The fraction of sp³-hybridized carbons (Fsp3) is 0.750. The zero-order chi connectivity index (χ0) is 13.3. The summed E-state index contributed by atoms with van der Waals surface area (Å²) >= 11 is 1.52. The highest BCUT2D eigenvalue weighted by Gasteiger charge is 2.52. The summed E-state index contributed by atoms with van der Waals surface area (Å²) in [6.07, 6.45) is 4.54. The fourth-order valence-electron chi connectivity index (χ4n) is 2.92. The first kappa shape index (κ1) is 13.4. The van der Waals surface area contributed by atoms with Crippen molar-refractivity contribution >= 4 is 29.5 Å². The summed E-state index contributed by atoms with van der Waals surface area (Å²) in [7, 11) is 0. The first-order valence-corrected chi connectivity index (χ1v) is 7.56. The standard InChI is InChI=1S/C12H17NO4S/c1-18-6-5-9(12(16)17)13-10(14)7-3-2-4-8(7)11(13)15/h7-9H,2-6H2,1H3,(H,16,17). The van der Waals surface area contributed by atoms with Gasteiger partial charge in [0.1, 0.15) is 6.04 Å². The highest BCUT2D eigenvalue weighted by molar-refractivity contribution is 7.98. The summed E-state index contributed by atoms with van der Waals surface area (Å²) < 4.78 is 0. The second-order valence-corrected chi connectivity index (χ2v) is 5.81. The molecule has 0 aromatic carbocycles. The molecule has 2 fully saturated rings. The SMILES string of the molecule is CSCCC(C(=O)O)N1C(=O)C2CCCC2C1=O. The van der Waals surface area contributed by atoms with Gasteiger partial charge in [-0.15, -0.1) is 0 Å². The number of thioether (sulfide) groups is 1. The topological polar surface area (TPSA) is 74.7 Å². The molecule has 100 valence electrons. The summed E-state index contributed by atoms with van der Waals surface area (Å²) in [5.74, 6) is -1.50. The van der Waals surface area contributed by atoms with Gasteiger partial charge in [-0.25, -0.2) is 4.79 Å². The molecule has 1 saturated heterocycles. The number of nitrogens with zero attached hydrogens (tertiary/aromatic N) is 1. The number of aliphatic carboxylic acids is 1. The molecule has 1 saturated carbocycles. The lowest BCUT2D eigenvalue weighted by atomic mass is 10.00. The van der Waals surface area contributed by atoms with Gasteiger partial charge in [-0.2, -0.15) is 11.8 Å². The molecule has 2 amide bonds. The number of carbonyl (C=O) groups is 3. The molecule has 0 spiro atoms. The lowest BCUT2D eigenvalue weighted by Gasteiger charge is -2.23. The Balaban J connectivity index is 2.17. The molecule has 6 heteroatoms. The molecule has 0 aromatic heterocycles. The van der Waals surface area contributed by atoms with E-state index < -0.39 is 12.0 Å². The van der Waals surface area contributed by atoms with Gasteiger partial charge in [0, 0.05) is 0 Å². The van der Waals surface area contributed by atoms with Gasteiger partial charge in [0.05, 0.1) is 11.8 Å². The molecule has 0 bridgehead atoms. The Labute approximate surface area is 110 Å². The van der Waals surface area contributed by atoms with Crippen LogP contribution in [0.5, 0.6) is 0 Å². The number of rotatable bonds is 5. The fourth-order valence-corrected chi connectivity index (χ4v) is 3.38. The van der Waals surface area contributed by atoms with Crippen molar-refractivity contribution in [2.24, 2.45) is 11.8 Å². The van der Waals surface area contributed by atoms with Gasteiger partial charge in [-0.1, -0.05) is 6.42 Å². The zero-order valence-corrected chi connectivity index (χ0v) is 11.1. The molecule has 1 heterocycles. The Morgan fingerprint density at radius 1 is 1.39 bits per heavy atom. The van der Waals surface area contributed by atoms with Gasteiger partial charge < -0.3 is 5.11 Å². The zero-order valence-electron chi connectivity index (χ0n) is 10.3. The van der Waals surface area contributed by atoms with Crippen LogP contribution in [-0.4, -0.2) is 45.8 Å². The average molecular weight is 271 g/mol. The maximum atomic E-state index is 12.1. The van der Waals surface area contributed by atoms with Crippen LogP contribution >= 0.6 is 11.8 Å². The van der Waals surface area contributed by atoms with Crippen molar-refractivity contribution < 1.29 is 19.5 Å². The van der Waals surface area contributed by atoms with Gasteiger partial charge in [0.25, 0.3) is 0 Å². The van der Waals surface area contributed by atoms with E-state index in [-0.39, 0.29) is 23.7 Å². The summed E-state index contributed by atoms with van der Waals surface area (Å²) in [6.45, 7) is 0. The Morgan fingerprint density at radius 2 is 1.94 bits per heavy atom. The smallest absolute Gasteiger partial charge is 0.326 e. The van der Waals surface area contributed by atoms with Crippen molar-refractivity contribution in [2.75, 3.05) is 12.0 Å². The van der Waals surface area contributed by atoms with Crippen molar-refractivity contribution in [1.29, 1.82) is 0 Å². The van der Waals surface area contributed by atoms with Crippen molar-refractivity contribution in [2.45, 2.75) is 31.7 Å². The van der Waals surface area contributed by atoms with E-state index in [1.807, 2.05) is 6.26 Å². The molecule has 1 aliphatic carbocycles. The van der Waals surface area contributed by atoms with E-state index in [0.717, 1.165) is 24.2 Å². The average Bonchev–Trinajstić information content (AvgIpc) is 2.88. The monoisotopic (exact) mass is 271 g/mol. The predicted octanol–water partition coefficient (Wildman–Crippen LogP) is 0.978. The van der Waals surface area contributed by atoms with E-state index in [9.17, 15) is 19.5 Å². The number of carbonyl (C=O) groups excluding carboxylic acids is 2. The predicted molar refractivity (Wildman–Crippen MR) is 67.1 cm³/mol. The molecular formula is C12H17NO4S. The van der Waals surface area contributed by atoms with Crippen molar-refractivity contribution in [3.63, 3.8) is 0 Å². The molecule has 0 radical (unpaired) electrons. The molecular weight excluding hydrogens is 254 g/mol. The number of imide groups is 1. The van der Waals surface area contributed by atoms with Gasteiger partial charge in [-0.3, -0.25) is 14.5 Å². The van der Waals surface area contributed by atoms with Crippen LogP contribution in [-0.2, 0) is 14.4 Å². The van der Waals surface area contributed by atoms with Crippen molar-refractivity contribution in [1.82, 2.24) is 4.90 Å². The molecule has 2 rings (SSSR count). The maximum absolute atomic E-state index is 12.1. The first-order valence-electron chi connectivity index (χ1n) is 6.16. The number of amides is 2. The van der Waals surface area contributed by atoms with Crippen LogP contribution in [0.25, 0.3) is 0 Å².